The van der Waals surface area contributed by atoms with E-state index < -0.39 is 13.4 Å². The average molecular weight is 1690 g/mol. The highest BCUT2D eigenvalue weighted by Gasteiger charge is 2.54. The monoisotopic (exact) mass is 1690 g/mol. The lowest BCUT2D eigenvalue weighted by molar-refractivity contribution is 0.443. The summed E-state index contributed by atoms with van der Waals surface area (Å²) in [5.41, 5.74) is 37.7. The van der Waals surface area contributed by atoms with E-state index in [9.17, 15) is 0 Å². The van der Waals surface area contributed by atoms with E-state index in [0.717, 1.165) is 212 Å². The van der Waals surface area contributed by atoms with Gasteiger partial charge in [0.2, 0.25) is 0 Å². The van der Waals surface area contributed by atoms with E-state index in [1.165, 1.54) is 21.9 Å². The van der Waals surface area contributed by atoms with Gasteiger partial charge in [-0.1, -0.05) is 381 Å². The SMILES string of the molecule is CC(C)(C)c1ccc2c(c1)c1cc(C(C)(C)C)ccc1n2-c1cc2c3c(c1)N(c1c(-c4ccccc4)cccc1-c1ccccc1)c1cc4c5c(c1B3c1ccc(-c3ccccc3)cc1N2c1c(-c2ccccc2)cccc1-c1ccccc1)Oc1cc(-c2ccccc2)ccc1B5c1c(cc2c3c1Oc1ccc(-c5ccccc5)cc1B3c1cc(-c3ccccc3)ccc1O2)O4. The number of para-hydroxylation sites is 2. The van der Waals surface area contributed by atoms with Gasteiger partial charge in [-0.15, -0.1) is 0 Å². The zero-order chi connectivity index (χ0) is 87.9. The van der Waals surface area contributed by atoms with Gasteiger partial charge in [-0.2, -0.15) is 0 Å². The molecule has 0 fully saturated rings. The number of aromatic nitrogens is 1. The first-order valence-electron chi connectivity index (χ1n) is 46.0. The Morgan fingerprint density at radius 3 is 0.992 bits per heavy atom. The van der Waals surface area contributed by atoms with Crippen molar-refractivity contribution in [2.45, 2.75) is 52.4 Å². The van der Waals surface area contributed by atoms with Crippen molar-refractivity contribution in [2.24, 2.45) is 0 Å². The lowest BCUT2D eigenvalue weighted by atomic mass is 9.29. The van der Waals surface area contributed by atoms with Gasteiger partial charge in [-0.25, -0.2) is 0 Å². The molecule has 10 heteroatoms. The minimum atomic E-state index is -0.556. The molecule has 622 valence electrons. The molecule has 0 atom stereocenters. The first-order valence-corrected chi connectivity index (χ1v) is 46.0. The summed E-state index contributed by atoms with van der Waals surface area (Å²) < 4.78 is 34.7. The highest BCUT2D eigenvalue weighted by molar-refractivity contribution is 7.04. The molecule has 0 N–H and O–H groups in total. The third kappa shape index (κ3) is 12.2. The van der Waals surface area contributed by atoms with Crippen LogP contribution in [0.3, 0.4) is 0 Å². The molecule has 0 saturated carbocycles. The lowest BCUT2D eigenvalue weighted by Crippen LogP contribution is -2.66. The summed E-state index contributed by atoms with van der Waals surface area (Å²) in [7, 11) is 0. The number of fused-ring (bicyclic) bond motifs is 17. The Morgan fingerprint density at radius 2 is 0.553 bits per heavy atom. The molecular formula is C122H86B3N3O4. The van der Waals surface area contributed by atoms with Crippen molar-refractivity contribution in [3.05, 3.63) is 424 Å². The number of ether oxygens (including phenoxy) is 4. The van der Waals surface area contributed by atoms with E-state index in [4.69, 9.17) is 18.9 Å². The molecule has 0 bridgehead atoms. The Morgan fingerprint density at radius 1 is 0.212 bits per heavy atom. The predicted molar refractivity (Wildman–Crippen MR) is 551 cm³/mol. The second kappa shape index (κ2) is 29.8. The molecule has 7 heterocycles. The van der Waals surface area contributed by atoms with Gasteiger partial charge in [0, 0.05) is 84.3 Å². The predicted octanol–water partition coefficient (Wildman–Crippen LogP) is 26.3. The van der Waals surface area contributed by atoms with Gasteiger partial charge in [0.05, 0.1) is 28.1 Å². The van der Waals surface area contributed by atoms with Crippen molar-refractivity contribution < 1.29 is 18.9 Å². The van der Waals surface area contributed by atoms with E-state index in [0.29, 0.717) is 23.0 Å². The molecule has 0 saturated heterocycles. The highest BCUT2D eigenvalue weighted by Crippen LogP contribution is 2.57. The highest BCUT2D eigenvalue weighted by atomic mass is 16.5. The normalized spacial score (nSPS) is 13.2. The van der Waals surface area contributed by atoms with Crippen LogP contribution in [0.2, 0.25) is 0 Å². The van der Waals surface area contributed by atoms with Crippen molar-refractivity contribution in [3.63, 3.8) is 0 Å². The first kappa shape index (κ1) is 77.1. The maximum atomic E-state index is 8.49. The minimum Gasteiger partial charge on any atom is -0.459 e. The van der Waals surface area contributed by atoms with Gasteiger partial charge in [0.15, 0.2) is 0 Å². The number of hydrogen-bond donors (Lipinski definition) is 0. The van der Waals surface area contributed by atoms with Crippen LogP contribution in [0.25, 0.3) is 117 Å². The van der Waals surface area contributed by atoms with Crippen LogP contribution >= 0.6 is 0 Å². The van der Waals surface area contributed by atoms with E-state index in [2.05, 4.69) is 468 Å². The summed E-state index contributed by atoms with van der Waals surface area (Å²) in [6.07, 6.45) is 0. The standard InChI is InChI=1S/C122H86B3N3O4/c1-121(2,3)87-57-61-100-94(69-87)95-70-88(122(4,5)6)58-62-101(95)126(100)89-71-103-112-104(72-89)128(118-92(81-45-27-13-28-46-81)51-32-52-93(118)82-47-29-14-30-48-82)105-73-109-115-119(113(105)124(112)96-59-53-85(77-37-19-9-20-38-77)67-102(96)127(103)117-90(79-41-23-11-24-42-79)49-31-50-91(117)80-43-25-12-26-44-80)132-108-68-86(78-39-21-10-22-40-78)54-60-97(108)125(115)116-111(130-109)74-110-114-120(116)131-107-64-56-84(76-35-17-8-18-36-76)66-99(107)123(114)98-65-83(55-63-106(98)129-110)75-33-15-7-16-34-75/h7-74H,1-6H3. The van der Waals surface area contributed by atoms with Crippen LogP contribution in [0, 0.1) is 0 Å². The minimum absolute atomic E-state index is 0.151. The fourth-order valence-corrected chi connectivity index (χ4v) is 22.1. The quantitative estimate of drug-likeness (QED) is 0.120. The van der Waals surface area contributed by atoms with E-state index in [-0.39, 0.29) is 17.5 Å². The van der Waals surface area contributed by atoms with Gasteiger partial charge >= 0.3 is 0 Å². The number of anilines is 6. The van der Waals surface area contributed by atoms with Crippen molar-refractivity contribution in [3.8, 4) is 141 Å². The molecule has 0 radical (unpaired) electrons. The molecule has 0 spiro atoms. The topological polar surface area (TPSA) is 48.3 Å². The van der Waals surface area contributed by atoms with Gasteiger partial charge in [0.25, 0.3) is 20.1 Å². The van der Waals surface area contributed by atoms with Crippen LogP contribution in [0.5, 0.6) is 46.0 Å². The third-order valence-corrected chi connectivity index (χ3v) is 28.3. The average Bonchev–Trinajstić information content (AvgIpc) is 1.13. The molecule has 26 rings (SSSR count). The molecule has 0 aliphatic carbocycles. The molecule has 6 aliphatic rings. The van der Waals surface area contributed by atoms with Crippen molar-refractivity contribution in [2.75, 3.05) is 9.80 Å². The summed E-state index contributed by atoms with van der Waals surface area (Å²) in [5.74, 6) is 5.68. The molecule has 1 aromatic heterocycles. The lowest BCUT2D eigenvalue weighted by Gasteiger charge is -2.47. The molecule has 6 aliphatic heterocycles. The fraction of sp³-hybridized carbons (Fsp3) is 0.0656. The summed E-state index contributed by atoms with van der Waals surface area (Å²) in [5, 5.41) is 2.39. The maximum absolute atomic E-state index is 8.49. The second-order valence-electron chi connectivity index (χ2n) is 38.0. The summed E-state index contributed by atoms with van der Waals surface area (Å²) in [6, 6.07) is 153. The van der Waals surface area contributed by atoms with Crippen LogP contribution in [0.15, 0.2) is 413 Å². The number of hydrogen-bond acceptors (Lipinski definition) is 6. The number of nitrogens with zero attached hydrogens (tertiary/aromatic N) is 3. The van der Waals surface area contributed by atoms with Gasteiger partial charge in [-0.3, -0.25) is 0 Å². The summed E-state index contributed by atoms with van der Waals surface area (Å²) >= 11 is 0. The zero-order valence-corrected chi connectivity index (χ0v) is 74.0. The molecule has 132 heavy (non-hydrogen) atoms. The molecule has 20 aromatic rings. The van der Waals surface area contributed by atoms with Crippen LogP contribution in [0.1, 0.15) is 52.7 Å². The maximum Gasteiger partial charge on any atom is 0.265 e. The summed E-state index contributed by atoms with van der Waals surface area (Å²) in [6.45, 7) is 12.6. The van der Waals surface area contributed by atoms with Gasteiger partial charge < -0.3 is 33.3 Å². The van der Waals surface area contributed by atoms with Gasteiger partial charge in [0.1, 0.15) is 46.0 Å². The van der Waals surface area contributed by atoms with E-state index >= 15 is 0 Å². The molecule has 0 amide bonds. The third-order valence-electron chi connectivity index (χ3n) is 28.3. The van der Waals surface area contributed by atoms with Crippen LogP contribution in [-0.4, -0.2) is 24.7 Å². The Hall–Kier alpha value is -16.0. The van der Waals surface area contributed by atoms with E-state index in [1.54, 1.807) is 0 Å². The second-order valence-corrected chi connectivity index (χ2v) is 38.0. The first-order chi connectivity index (χ1) is 64.7. The Bertz CT molecular complexity index is 7920. The van der Waals surface area contributed by atoms with Crippen LogP contribution in [-0.2, 0) is 10.8 Å². The van der Waals surface area contributed by atoms with Crippen molar-refractivity contribution >= 4 is 125 Å². The van der Waals surface area contributed by atoms with Crippen molar-refractivity contribution in [1.82, 2.24) is 4.57 Å². The Kier molecular flexibility index (Phi) is 17.4. The molecular weight excluding hydrogens is 1600 g/mol. The number of benzene rings is 19. The summed E-state index contributed by atoms with van der Waals surface area (Å²) in [4.78, 5) is 5.32. The Balaban J connectivity index is 0.828. The fourth-order valence-electron chi connectivity index (χ4n) is 22.1. The van der Waals surface area contributed by atoms with Crippen LogP contribution in [0.4, 0.5) is 34.1 Å². The smallest absolute Gasteiger partial charge is 0.265 e. The van der Waals surface area contributed by atoms with Gasteiger partial charge in [-0.05, 0) is 182 Å². The molecule has 0 unspecified atom stereocenters. The van der Waals surface area contributed by atoms with E-state index in [1.807, 2.05) is 0 Å². The zero-order valence-electron chi connectivity index (χ0n) is 74.0. The largest absolute Gasteiger partial charge is 0.459 e. The molecule has 19 aromatic carbocycles. The Labute approximate surface area is 770 Å². The molecule has 7 nitrogen and oxygen atoms in total. The number of rotatable bonds is 11. The van der Waals surface area contributed by atoms with Crippen molar-refractivity contribution in [1.29, 1.82) is 0 Å². The van der Waals surface area contributed by atoms with Crippen LogP contribution < -0.4 is 77.9 Å².